The van der Waals surface area contributed by atoms with Crippen LogP contribution in [0.5, 0.6) is 5.75 Å². The molecule has 21 heavy (non-hydrogen) atoms. The summed E-state index contributed by atoms with van der Waals surface area (Å²) in [6.45, 7) is 3.19. The smallest absolute Gasteiger partial charge is 0.176 e. The van der Waals surface area contributed by atoms with Gasteiger partial charge in [-0.2, -0.15) is 23.5 Å². The van der Waals surface area contributed by atoms with Crippen molar-refractivity contribution in [2.24, 2.45) is 0 Å². The summed E-state index contributed by atoms with van der Waals surface area (Å²) in [5.41, 5.74) is 0.839. The molecule has 3 nitrogen and oxygen atoms in total. The van der Waals surface area contributed by atoms with E-state index >= 15 is 0 Å². The number of thioether (sulfide) groups is 2. The van der Waals surface area contributed by atoms with Crippen molar-refractivity contribution < 1.29 is 9.15 Å². The Morgan fingerprint density at radius 3 is 3.10 bits per heavy atom. The average Bonchev–Trinajstić information content (AvgIpc) is 2.97. The molecule has 1 saturated heterocycles. The molecule has 0 aliphatic carbocycles. The number of methoxy groups -OCH3 is 1. The van der Waals surface area contributed by atoms with Gasteiger partial charge in [-0.1, -0.05) is 12.1 Å². The summed E-state index contributed by atoms with van der Waals surface area (Å²) < 4.78 is 11.3. The lowest BCUT2D eigenvalue weighted by Gasteiger charge is -2.22. The van der Waals surface area contributed by atoms with E-state index in [-0.39, 0.29) is 6.04 Å². The fraction of sp³-hybridized carbons (Fsp3) is 0.500. The highest BCUT2D eigenvalue weighted by Gasteiger charge is 2.18. The van der Waals surface area contributed by atoms with Crippen LogP contribution in [0.4, 0.5) is 0 Å². The Bertz CT molecular complexity index is 593. The largest absolute Gasteiger partial charge is 0.493 e. The lowest BCUT2D eigenvalue weighted by Crippen LogP contribution is -2.30. The van der Waals surface area contributed by atoms with Crippen LogP contribution in [-0.2, 0) is 0 Å². The van der Waals surface area contributed by atoms with Crippen molar-refractivity contribution in [3.05, 3.63) is 30.0 Å². The van der Waals surface area contributed by atoms with Gasteiger partial charge in [0.15, 0.2) is 11.3 Å². The predicted octanol–water partition coefficient (Wildman–Crippen LogP) is 3.94. The summed E-state index contributed by atoms with van der Waals surface area (Å²) in [5, 5.41) is 5.41. The van der Waals surface area contributed by atoms with Gasteiger partial charge in [-0.15, -0.1) is 0 Å². The van der Waals surface area contributed by atoms with E-state index in [1.54, 1.807) is 7.11 Å². The third kappa shape index (κ3) is 3.52. The molecule has 2 aromatic rings. The summed E-state index contributed by atoms with van der Waals surface area (Å²) in [7, 11) is 1.68. The molecule has 0 spiro atoms. The Balaban J connectivity index is 1.67. The summed E-state index contributed by atoms with van der Waals surface area (Å²) in [6.07, 6.45) is 0. The highest BCUT2D eigenvalue weighted by atomic mass is 32.2. The lowest BCUT2D eigenvalue weighted by molar-refractivity contribution is 0.400. The predicted molar refractivity (Wildman–Crippen MR) is 92.8 cm³/mol. The van der Waals surface area contributed by atoms with E-state index in [4.69, 9.17) is 9.15 Å². The molecule has 1 aromatic heterocycles. The van der Waals surface area contributed by atoms with Crippen LogP contribution in [0, 0.1) is 0 Å². The molecule has 114 valence electrons. The molecule has 1 aliphatic heterocycles. The van der Waals surface area contributed by atoms with E-state index < -0.39 is 0 Å². The Kier molecular flexibility index (Phi) is 5.03. The summed E-state index contributed by atoms with van der Waals surface area (Å²) in [5.74, 6) is 5.58. The Hall–Kier alpha value is -0.780. The zero-order valence-electron chi connectivity index (χ0n) is 12.4. The Morgan fingerprint density at radius 2 is 2.33 bits per heavy atom. The van der Waals surface area contributed by atoms with Gasteiger partial charge < -0.3 is 14.5 Å². The molecule has 0 amide bonds. The van der Waals surface area contributed by atoms with Crippen LogP contribution in [0.2, 0.25) is 0 Å². The van der Waals surface area contributed by atoms with Gasteiger partial charge in [0.05, 0.1) is 13.2 Å². The molecule has 3 rings (SSSR count). The number of hydrogen-bond acceptors (Lipinski definition) is 5. The maximum atomic E-state index is 5.99. The quantitative estimate of drug-likeness (QED) is 0.901. The molecule has 2 atom stereocenters. The van der Waals surface area contributed by atoms with E-state index in [9.17, 15) is 0 Å². The van der Waals surface area contributed by atoms with Crippen LogP contribution in [0.25, 0.3) is 11.0 Å². The molecule has 1 aromatic carbocycles. The van der Waals surface area contributed by atoms with Crippen molar-refractivity contribution in [2.45, 2.75) is 18.2 Å². The maximum Gasteiger partial charge on any atom is 0.176 e. The molecule has 1 N–H and O–H groups in total. The first kappa shape index (κ1) is 15.1. The zero-order chi connectivity index (χ0) is 14.7. The number of benzene rings is 1. The molecule has 2 unspecified atom stereocenters. The number of para-hydroxylation sites is 1. The first-order valence-electron chi connectivity index (χ1n) is 7.27. The monoisotopic (exact) mass is 323 g/mol. The zero-order valence-corrected chi connectivity index (χ0v) is 14.1. The highest BCUT2D eigenvalue weighted by Crippen LogP contribution is 2.31. The van der Waals surface area contributed by atoms with Crippen LogP contribution in [-0.4, -0.2) is 36.2 Å². The molecule has 0 radical (unpaired) electrons. The van der Waals surface area contributed by atoms with E-state index in [0.29, 0.717) is 5.25 Å². The fourth-order valence-electron chi connectivity index (χ4n) is 2.49. The Morgan fingerprint density at radius 1 is 1.43 bits per heavy atom. The van der Waals surface area contributed by atoms with Crippen molar-refractivity contribution in [2.75, 3.05) is 30.9 Å². The van der Waals surface area contributed by atoms with Crippen molar-refractivity contribution in [1.29, 1.82) is 0 Å². The van der Waals surface area contributed by atoms with Gasteiger partial charge in [-0.05, 0) is 19.1 Å². The SMILES string of the molecule is COc1cccc2cc(C(C)NCC3CSCCS3)oc12. The van der Waals surface area contributed by atoms with Crippen LogP contribution < -0.4 is 10.1 Å². The molecule has 5 heteroatoms. The molecule has 2 heterocycles. The second kappa shape index (κ2) is 6.99. The van der Waals surface area contributed by atoms with E-state index in [1.165, 1.54) is 17.3 Å². The minimum absolute atomic E-state index is 0.217. The average molecular weight is 323 g/mol. The van der Waals surface area contributed by atoms with E-state index in [1.807, 2.05) is 12.1 Å². The molecule has 1 aliphatic rings. The Labute approximate surface area is 134 Å². The van der Waals surface area contributed by atoms with Gasteiger partial charge in [-0.25, -0.2) is 0 Å². The van der Waals surface area contributed by atoms with Gasteiger partial charge in [0.2, 0.25) is 0 Å². The normalized spacial score (nSPS) is 20.6. The highest BCUT2D eigenvalue weighted by molar-refractivity contribution is 8.06. The molecule has 0 bridgehead atoms. The van der Waals surface area contributed by atoms with Gasteiger partial charge in [0.25, 0.3) is 0 Å². The summed E-state index contributed by atoms with van der Waals surface area (Å²) in [6, 6.07) is 8.32. The van der Waals surface area contributed by atoms with Crippen molar-refractivity contribution in [3.63, 3.8) is 0 Å². The third-order valence-electron chi connectivity index (χ3n) is 3.71. The topological polar surface area (TPSA) is 34.4 Å². The van der Waals surface area contributed by atoms with Crippen LogP contribution in [0.1, 0.15) is 18.7 Å². The van der Waals surface area contributed by atoms with Crippen LogP contribution >= 0.6 is 23.5 Å². The van der Waals surface area contributed by atoms with Crippen molar-refractivity contribution in [1.82, 2.24) is 5.32 Å². The van der Waals surface area contributed by atoms with Gasteiger partial charge in [0, 0.05) is 34.4 Å². The van der Waals surface area contributed by atoms with Gasteiger partial charge >= 0.3 is 0 Å². The van der Waals surface area contributed by atoms with E-state index in [2.05, 4.69) is 47.9 Å². The van der Waals surface area contributed by atoms with Crippen molar-refractivity contribution >= 4 is 34.5 Å². The fourth-order valence-corrected chi connectivity index (χ4v) is 5.12. The van der Waals surface area contributed by atoms with Gasteiger partial charge in [-0.3, -0.25) is 0 Å². The third-order valence-corrected chi connectivity index (χ3v) is 6.56. The first-order valence-corrected chi connectivity index (χ1v) is 9.47. The van der Waals surface area contributed by atoms with Gasteiger partial charge in [0.1, 0.15) is 5.76 Å². The molecular weight excluding hydrogens is 302 g/mol. The lowest BCUT2D eigenvalue weighted by atomic mass is 10.2. The minimum atomic E-state index is 0.217. The number of hydrogen-bond donors (Lipinski definition) is 1. The van der Waals surface area contributed by atoms with E-state index in [0.717, 1.165) is 29.0 Å². The molecule has 0 saturated carbocycles. The standard InChI is InChI=1S/C16H21NO2S2/c1-11(17-9-13-10-20-6-7-21-13)15-8-12-4-3-5-14(18-2)16(12)19-15/h3-5,8,11,13,17H,6-7,9-10H2,1-2H3. The maximum absolute atomic E-state index is 5.99. The number of fused-ring (bicyclic) bond motifs is 1. The van der Waals surface area contributed by atoms with Crippen LogP contribution in [0.15, 0.2) is 28.7 Å². The first-order chi connectivity index (χ1) is 10.3. The number of nitrogens with one attached hydrogen (secondary N) is 1. The minimum Gasteiger partial charge on any atom is -0.493 e. The van der Waals surface area contributed by atoms with Crippen LogP contribution in [0.3, 0.4) is 0 Å². The summed E-state index contributed by atoms with van der Waals surface area (Å²) >= 11 is 4.14. The number of furan rings is 1. The second-order valence-corrected chi connectivity index (χ2v) is 7.78. The van der Waals surface area contributed by atoms with Crippen molar-refractivity contribution in [3.8, 4) is 5.75 Å². The number of ether oxygens (including phenoxy) is 1. The number of rotatable bonds is 5. The molecule has 1 fully saturated rings. The molecular formula is C16H21NO2S2. The second-order valence-electron chi connectivity index (χ2n) is 5.23. The summed E-state index contributed by atoms with van der Waals surface area (Å²) in [4.78, 5) is 0.